The van der Waals surface area contributed by atoms with Crippen molar-refractivity contribution in [2.24, 2.45) is 0 Å². The zero-order valence-electron chi connectivity index (χ0n) is 8.15. The van der Waals surface area contributed by atoms with Gasteiger partial charge in [-0.1, -0.05) is 23.7 Å². The Morgan fingerprint density at radius 3 is 2.80 bits per heavy atom. The lowest BCUT2D eigenvalue weighted by molar-refractivity contribution is 0.0942. The predicted molar refractivity (Wildman–Crippen MR) is 57.9 cm³/mol. The lowest BCUT2D eigenvalue weighted by Crippen LogP contribution is -2.28. The number of nitrogens with one attached hydrogen (secondary N) is 1. The quantitative estimate of drug-likeness (QED) is 0.595. The van der Waals surface area contributed by atoms with Crippen LogP contribution in [0.4, 0.5) is 0 Å². The number of benzene rings is 1. The van der Waals surface area contributed by atoms with Gasteiger partial charge >= 0.3 is 0 Å². The second-order valence-electron chi connectivity index (χ2n) is 3.21. The number of para-hydroxylation sites is 1. The summed E-state index contributed by atoms with van der Waals surface area (Å²) in [7, 11) is 0. The summed E-state index contributed by atoms with van der Waals surface area (Å²) in [5, 5.41) is 30.4. The van der Waals surface area contributed by atoms with Gasteiger partial charge in [-0.2, -0.15) is 0 Å². The van der Waals surface area contributed by atoms with Crippen LogP contribution >= 0.6 is 11.6 Å². The van der Waals surface area contributed by atoms with Gasteiger partial charge in [-0.15, -0.1) is 0 Å². The second-order valence-corrected chi connectivity index (χ2v) is 3.62. The number of aliphatic hydroxyl groups is 2. The fraction of sp³-hybridized carbons (Fsp3) is 0.400. The fourth-order valence-corrected chi connectivity index (χ4v) is 1.33. The topological polar surface area (TPSA) is 72.7 Å². The van der Waals surface area contributed by atoms with Gasteiger partial charge in [0.2, 0.25) is 0 Å². The SMILES string of the molecule is OCC(O)CNCc1cccc(Cl)c1O. The Morgan fingerprint density at radius 1 is 1.40 bits per heavy atom. The maximum Gasteiger partial charge on any atom is 0.138 e. The van der Waals surface area contributed by atoms with E-state index in [-0.39, 0.29) is 18.9 Å². The zero-order chi connectivity index (χ0) is 11.3. The van der Waals surface area contributed by atoms with Crippen LogP contribution < -0.4 is 5.32 Å². The molecule has 0 radical (unpaired) electrons. The van der Waals surface area contributed by atoms with Crippen molar-refractivity contribution in [2.75, 3.05) is 13.2 Å². The normalized spacial score (nSPS) is 12.7. The molecule has 0 spiro atoms. The minimum atomic E-state index is -0.786. The van der Waals surface area contributed by atoms with Crippen LogP contribution in [0, 0.1) is 0 Å². The first-order valence-electron chi connectivity index (χ1n) is 4.61. The molecule has 0 amide bonds. The molecule has 1 unspecified atom stereocenters. The van der Waals surface area contributed by atoms with E-state index in [1.54, 1.807) is 18.2 Å². The highest BCUT2D eigenvalue weighted by atomic mass is 35.5. The van der Waals surface area contributed by atoms with E-state index >= 15 is 0 Å². The number of aliphatic hydroxyl groups excluding tert-OH is 2. The number of aromatic hydroxyl groups is 1. The van der Waals surface area contributed by atoms with Crippen molar-refractivity contribution in [3.05, 3.63) is 28.8 Å². The van der Waals surface area contributed by atoms with E-state index in [2.05, 4.69) is 5.32 Å². The van der Waals surface area contributed by atoms with Crippen molar-refractivity contribution in [1.29, 1.82) is 0 Å². The Labute approximate surface area is 93.1 Å². The Morgan fingerprint density at radius 2 is 2.13 bits per heavy atom. The molecule has 1 atom stereocenters. The molecule has 0 bridgehead atoms. The summed E-state index contributed by atoms with van der Waals surface area (Å²) in [5.74, 6) is 0.0464. The summed E-state index contributed by atoms with van der Waals surface area (Å²) in [6.07, 6.45) is -0.786. The molecule has 5 heteroatoms. The third-order valence-electron chi connectivity index (χ3n) is 1.98. The molecule has 1 aromatic rings. The first-order valence-corrected chi connectivity index (χ1v) is 4.99. The van der Waals surface area contributed by atoms with Gasteiger partial charge < -0.3 is 20.6 Å². The first-order chi connectivity index (χ1) is 7.15. The van der Waals surface area contributed by atoms with Gasteiger partial charge in [-0.05, 0) is 6.07 Å². The molecule has 15 heavy (non-hydrogen) atoms. The molecule has 0 heterocycles. The summed E-state index contributed by atoms with van der Waals surface area (Å²) in [6.45, 7) is 0.375. The molecule has 1 rings (SSSR count). The molecule has 0 aliphatic carbocycles. The van der Waals surface area contributed by atoms with E-state index in [4.69, 9.17) is 21.8 Å². The lowest BCUT2D eigenvalue weighted by Gasteiger charge is -2.10. The Kier molecular flexibility index (Phi) is 4.84. The lowest BCUT2D eigenvalue weighted by atomic mass is 10.2. The van der Waals surface area contributed by atoms with Crippen molar-refractivity contribution < 1.29 is 15.3 Å². The van der Waals surface area contributed by atoms with E-state index in [9.17, 15) is 5.11 Å². The summed E-state index contributed by atoms with van der Waals surface area (Å²) in [5.41, 5.74) is 0.660. The third kappa shape index (κ3) is 3.68. The summed E-state index contributed by atoms with van der Waals surface area (Å²) >= 11 is 5.72. The molecule has 84 valence electrons. The maximum absolute atomic E-state index is 9.54. The molecule has 1 aromatic carbocycles. The fourth-order valence-electron chi connectivity index (χ4n) is 1.14. The highest BCUT2D eigenvalue weighted by molar-refractivity contribution is 6.32. The van der Waals surface area contributed by atoms with Crippen LogP contribution in [0.3, 0.4) is 0 Å². The molecule has 4 nitrogen and oxygen atoms in total. The third-order valence-corrected chi connectivity index (χ3v) is 2.28. The molecule has 0 aromatic heterocycles. The summed E-state index contributed by atoms with van der Waals surface area (Å²) < 4.78 is 0. The molecule has 0 aliphatic heterocycles. The minimum Gasteiger partial charge on any atom is -0.506 e. The van der Waals surface area contributed by atoms with Crippen molar-refractivity contribution in [2.45, 2.75) is 12.6 Å². The maximum atomic E-state index is 9.54. The largest absolute Gasteiger partial charge is 0.506 e. The van der Waals surface area contributed by atoms with Gasteiger partial charge in [0.15, 0.2) is 0 Å². The van der Waals surface area contributed by atoms with Crippen molar-refractivity contribution in [1.82, 2.24) is 5.32 Å². The summed E-state index contributed by atoms with van der Waals surface area (Å²) in [4.78, 5) is 0. The molecule has 0 aliphatic rings. The highest BCUT2D eigenvalue weighted by Gasteiger charge is 2.05. The summed E-state index contributed by atoms with van der Waals surface area (Å²) in [6, 6.07) is 5.07. The Balaban J connectivity index is 2.47. The van der Waals surface area contributed by atoms with Gasteiger partial charge in [-0.3, -0.25) is 0 Å². The van der Waals surface area contributed by atoms with E-state index in [1.807, 2.05) is 0 Å². The van der Waals surface area contributed by atoms with Gasteiger partial charge in [-0.25, -0.2) is 0 Å². The van der Waals surface area contributed by atoms with Crippen LogP contribution in [0.1, 0.15) is 5.56 Å². The Bertz CT molecular complexity index is 320. The number of phenolic OH excluding ortho intramolecular Hbond substituents is 1. The van der Waals surface area contributed by atoms with E-state index in [0.717, 1.165) is 0 Å². The molecule has 4 N–H and O–H groups in total. The van der Waals surface area contributed by atoms with Crippen molar-refractivity contribution >= 4 is 11.6 Å². The highest BCUT2D eigenvalue weighted by Crippen LogP contribution is 2.26. The number of phenols is 1. The van der Waals surface area contributed by atoms with Gasteiger partial charge in [0.1, 0.15) is 5.75 Å². The number of hydrogen-bond donors (Lipinski definition) is 4. The van der Waals surface area contributed by atoms with Gasteiger partial charge in [0.05, 0.1) is 17.7 Å². The molecule has 0 saturated heterocycles. The van der Waals surface area contributed by atoms with Gasteiger partial charge in [0, 0.05) is 18.7 Å². The van der Waals surface area contributed by atoms with E-state index < -0.39 is 6.10 Å². The van der Waals surface area contributed by atoms with E-state index in [1.165, 1.54) is 0 Å². The average Bonchev–Trinajstić information content (AvgIpc) is 2.24. The van der Waals surface area contributed by atoms with Crippen LogP contribution in [0.2, 0.25) is 5.02 Å². The predicted octanol–water partition coefficient (Wildman–Crippen LogP) is 0.488. The number of hydrogen-bond acceptors (Lipinski definition) is 4. The molecular weight excluding hydrogens is 218 g/mol. The van der Waals surface area contributed by atoms with Gasteiger partial charge in [0.25, 0.3) is 0 Å². The number of rotatable bonds is 5. The molecule has 0 fully saturated rings. The number of halogens is 1. The zero-order valence-corrected chi connectivity index (χ0v) is 8.91. The van der Waals surface area contributed by atoms with Crippen LogP contribution in [0.5, 0.6) is 5.75 Å². The first kappa shape index (κ1) is 12.3. The Hall–Kier alpha value is -0.810. The molecular formula is C10H14ClNO3. The van der Waals surface area contributed by atoms with Crippen LogP contribution in [-0.4, -0.2) is 34.6 Å². The second kappa shape index (κ2) is 5.92. The standard InChI is InChI=1S/C10H14ClNO3/c11-9-3-1-2-7(10(9)15)4-12-5-8(14)6-13/h1-3,8,12-15H,4-6H2. The van der Waals surface area contributed by atoms with Crippen LogP contribution in [-0.2, 0) is 6.54 Å². The minimum absolute atomic E-state index is 0.0464. The van der Waals surface area contributed by atoms with Crippen LogP contribution in [0.25, 0.3) is 0 Å². The van der Waals surface area contributed by atoms with Crippen molar-refractivity contribution in [3.8, 4) is 5.75 Å². The monoisotopic (exact) mass is 231 g/mol. The smallest absolute Gasteiger partial charge is 0.138 e. The molecule has 0 saturated carbocycles. The average molecular weight is 232 g/mol. The van der Waals surface area contributed by atoms with Crippen molar-refractivity contribution in [3.63, 3.8) is 0 Å². The van der Waals surface area contributed by atoms with E-state index in [0.29, 0.717) is 17.1 Å². The van der Waals surface area contributed by atoms with Crippen LogP contribution in [0.15, 0.2) is 18.2 Å².